The molecule has 14 heavy (non-hydrogen) atoms. The third-order valence-corrected chi connectivity index (χ3v) is 3.19. The molecule has 1 aliphatic carbocycles. The van der Waals surface area contributed by atoms with Crippen molar-refractivity contribution in [3.8, 4) is 0 Å². The summed E-state index contributed by atoms with van der Waals surface area (Å²) in [6.07, 6.45) is 8.37. The van der Waals surface area contributed by atoms with Gasteiger partial charge in [-0.1, -0.05) is 12.2 Å². The molecule has 0 aromatic carbocycles. The summed E-state index contributed by atoms with van der Waals surface area (Å²) in [6, 6.07) is 2.50. The molecule has 0 fully saturated rings. The molecule has 1 aromatic rings. The van der Waals surface area contributed by atoms with E-state index >= 15 is 0 Å². The summed E-state index contributed by atoms with van der Waals surface area (Å²) in [7, 11) is 0. The van der Waals surface area contributed by atoms with Crippen molar-refractivity contribution in [2.24, 2.45) is 0 Å². The van der Waals surface area contributed by atoms with Crippen LogP contribution < -0.4 is 5.32 Å². The van der Waals surface area contributed by atoms with Crippen molar-refractivity contribution in [2.75, 3.05) is 5.32 Å². The molecule has 0 saturated carbocycles. The Bertz CT molecular complexity index is 355. The summed E-state index contributed by atoms with van der Waals surface area (Å²) in [6.45, 7) is 0. The van der Waals surface area contributed by atoms with Gasteiger partial charge in [0.15, 0.2) is 0 Å². The molecule has 0 spiro atoms. The lowest BCUT2D eigenvalue weighted by Gasteiger charge is -2.13. The Hall–Kier alpha value is -0.350. The maximum atomic E-state index is 4.31. The molecule has 2 nitrogen and oxygen atoms in total. The van der Waals surface area contributed by atoms with Gasteiger partial charge in [-0.3, -0.25) is 0 Å². The second-order valence-electron chi connectivity index (χ2n) is 3.27. The molecular formula is C10H10Br2N2. The van der Waals surface area contributed by atoms with Crippen molar-refractivity contribution < 1.29 is 0 Å². The molecule has 0 unspecified atom stereocenters. The molecule has 1 aliphatic rings. The van der Waals surface area contributed by atoms with Crippen LogP contribution in [0, 0.1) is 0 Å². The molecule has 0 bridgehead atoms. The summed E-state index contributed by atoms with van der Waals surface area (Å²) in [5.41, 5.74) is 0. The number of aromatic nitrogens is 1. The number of anilines is 1. The molecule has 4 heteroatoms. The van der Waals surface area contributed by atoms with Gasteiger partial charge in [-0.2, -0.15) is 0 Å². The van der Waals surface area contributed by atoms with Crippen LogP contribution in [0.4, 0.5) is 5.82 Å². The fraction of sp³-hybridized carbons (Fsp3) is 0.300. The highest BCUT2D eigenvalue weighted by Gasteiger charge is 2.11. The van der Waals surface area contributed by atoms with Crippen LogP contribution >= 0.6 is 31.9 Å². The Balaban J connectivity index is 2.08. The van der Waals surface area contributed by atoms with E-state index in [0.717, 1.165) is 27.6 Å². The molecule has 2 rings (SSSR count). The number of halogens is 2. The van der Waals surface area contributed by atoms with Gasteiger partial charge >= 0.3 is 0 Å². The van der Waals surface area contributed by atoms with E-state index in [4.69, 9.17) is 0 Å². The Labute approximate surface area is 100 Å². The van der Waals surface area contributed by atoms with Crippen LogP contribution in [0.1, 0.15) is 12.8 Å². The first kappa shape index (κ1) is 10.2. The zero-order chi connectivity index (χ0) is 9.97. The second-order valence-corrected chi connectivity index (χ2v) is 5.04. The van der Waals surface area contributed by atoms with E-state index in [0.29, 0.717) is 6.04 Å². The molecule has 74 valence electrons. The Morgan fingerprint density at radius 2 is 2.00 bits per heavy atom. The molecule has 0 atom stereocenters. The quantitative estimate of drug-likeness (QED) is 0.841. The Morgan fingerprint density at radius 3 is 2.64 bits per heavy atom. The van der Waals surface area contributed by atoms with E-state index in [9.17, 15) is 0 Å². The van der Waals surface area contributed by atoms with Crippen LogP contribution in [0.2, 0.25) is 0 Å². The topological polar surface area (TPSA) is 24.9 Å². The minimum absolute atomic E-state index is 0.500. The minimum atomic E-state index is 0.500. The zero-order valence-corrected chi connectivity index (χ0v) is 10.7. The van der Waals surface area contributed by atoms with Crippen molar-refractivity contribution in [2.45, 2.75) is 18.9 Å². The van der Waals surface area contributed by atoms with E-state index in [2.05, 4.69) is 54.3 Å². The van der Waals surface area contributed by atoms with E-state index in [-0.39, 0.29) is 0 Å². The predicted molar refractivity (Wildman–Crippen MR) is 65.4 cm³/mol. The largest absolute Gasteiger partial charge is 0.366 e. The summed E-state index contributed by atoms with van der Waals surface area (Å²) < 4.78 is 1.98. The smallest absolute Gasteiger partial charge is 0.140 e. The third kappa shape index (κ3) is 2.36. The maximum Gasteiger partial charge on any atom is 0.140 e. The first-order chi connectivity index (χ1) is 6.75. The van der Waals surface area contributed by atoms with Gasteiger partial charge in [-0.25, -0.2) is 4.98 Å². The first-order valence-electron chi connectivity index (χ1n) is 4.48. The highest BCUT2D eigenvalue weighted by molar-refractivity contribution is 9.11. The van der Waals surface area contributed by atoms with Crippen LogP contribution in [0.5, 0.6) is 0 Å². The fourth-order valence-electron chi connectivity index (χ4n) is 1.45. The summed E-state index contributed by atoms with van der Waals surface area (Å²) in [5, 5.41) is 3.40. The minimum Gasteiger partial charge on any atom is -0.366 e. The maximum absolute atomic E-state index is 4.31. The van der Waals surface area contributed by atoms with Gasteiger partial charge in [-0.05, 0) is 50.8 Å². The van der Waals surface area contributed by atoms with Crippen LogP contribution in [0.3, 0.4) is 0 Å². The van der Waals surface area contributed by atoms with E-state index < -0.39 is 0 Å². The van der Waals surface area contributed by atoms with E-state index in [1.165, 1.54) is 0 Å². The fourth-order valence-corrected chi connectivity index (χ4v) is 2.55. The predicted octanol–water partition coefficient (Wildman–Crippen LogP) is 3.74. The van der Waals surface area contributed by atoms with Crippen molar-refractivity contribution in [1.29, 1.82) is 0 Å². The van der Waals surface area contributed by atoms with E-state index in [1.54, 1.807) is 6.20 Å². The molecule has 1 N–H and O–H groups in total. The average molecular weight is 318 g/mol. The summed E-state index contributed by atoms with van der Waals surface area (Å²) >= 11 is 6.86. The van der Waals surface area contributed by atoms with Crippen LogP contribution in [0.15, 0.2) is 33.4 Å². The number of hydrogen-bond acceptors (Lipinski definition) is 2. The number of rotatable bonds is 2. The van der Waals surface area contributed by atoms with Gasteiger partial charge < -0.3 is 5.32 Å². The number of hydrogen-bond donors (Lipinski definition) is 1. The third-order valence-electron chi connectivity index (χ3n) is 2.16. The monoisotopic (exact) mass is 316 g/mol. The van der Waals surface area contributed by atoms with Crippen molar-refractivity contribution >= 4 is 37.7 Å². The highest BCUT2D eigenvalue weighted by atomic mass is 79.9. The number of nitrogens with one attached hydrogen (secondary N) is 1. The Morgan fingerprint density at radius 1 is 1.29 bits per heavy atom. The van der Waals surface area contributed by atoms with Gasteiger partial charge in [0, 0.05) is 16.7 Å². The van der Waals surface area contributed by atoms with Crippen molar-refractivity contribution in [3.05, 3.63) is 33.4 Å². The van der Waals surface area contributed by atoms with Gasteiger partial charge in [-0.15, -0.1) is 0 Å². The van der Waals surface area contributed by atoms with Gasteiger partial charge in [0.05, 0.1) is 4.47 Å². The lowest BCUT2D eigenvalue weighted by molar-refractivity contribution is 0.780. The number of nitrogens with zero attached hydrogens (tertiary/aromatic N) is 1. The van der Waals surface area contributed by atoms with Crippen LogP contribution in [0.25, 0.3) is 0 Å². The molecule has 1 aromatic heterocycles. The second kappa shape index (κ2) is 4.45. The normalized spacial score (nSPS) is 16.1. The van der Waals surface area contributed by atoms with Crippen molar-refractivity contribution in [1.82, 2.24) is 4.98 Å². The molecule has 1 heterocycles. The van der Waals surface area contributed by atoms with Gasteiger partial charge in [0.25, 0.3) is 0 Å². The van der Waals surface area contributed by atoms with E-state index in [1.807, 2.05) is 6.07 Å². The molecule has 0 saturated heterocycles. The molecule has 0 radical (unpaired) electrons. The van der Waals surface area contributed by atoms with Crippen LogP contribution in [-0.4, -0.2) is 11.0 Å². The zero-order valence-electron chi connectivity index (χ0n) is 7.50. The molecule has 0 aliphatic heterocycles. The lowest BCUT2D eigenvalue weighted by atomic mass is 10.2. The summed E-state index contributed by atoms with van der Waals surface area (Å²) in [4.78, 5) is 4.31. The molecule has 0 amide bonds. The summed E-state index contributed by atoms with van der Waals surface area (Å²) in [5.74, 6) is 0.918. The standard InChI is InChI=1S/C10H10Br2N2/c11-7-5-9(12)10(13-6-7)14-8-3-1-2-4-8/h1-2,5-6,8H,3-4H2,(H,13,14). The Kier molecular flexibility index (Phi) is 3.23. The molecular weight excluding hydrogens is 308 g/mol. The SMILES string of the molecule is Brc1cnc(NC2CC=CC2)c(Br)c1. The number of pyridine rings is 1. The van der Waals surface area contributed by atoms with Gasteiger partial charge in [0.2, 0.25) is 0 Å². The van der Waals surface area contributed by atoms with Gasteiger partial charge in [0.1, 0.15) is 5.82 Å². The lowest BCUT2D eigenvalue weighted by Crippen LogP contribution is -2.16. The van der Waals surface area contributed by atoms with Crippen molar-refractivity contribution in [3.63, 3.8) is 0 Å². The average Bonchev–Trinajstić information content (AvgIpc) is 2.62. The van der Waals surface area contributed by atoms with Crippen LogP contribution in [-0.2, 0) is 0 Å². The first-order valence-corrected chi connectivity index (χ1v) is 6.07. The highest BCUT2D eigenvalue weighted by Crippen LogP contribution is 2.25.